The number of nitrogens with zero attached hydrogens (tertiary/aromatic N) is 4. The van der Waals surface area contributed by atoms with E-state index in [9.17, 15) is 13.6 Å². The molecular weight excluding hydrogens is 422 g/mol. The average Bonchev–Trinajstić information content (AvgIpc) is 3.50. The summed E-state index contributed by atoms with van der Waals surface area (Å²) in [5, 5.41) is 15.1. The lowest BCUT2D eigenvalue weighted by atomic mass is 10.1. The van der Waals surface area contributed by atoms with E-state index in [4.69, 9.17) is 0 Å². The molecule has 0 bridgehead atoms. The zero-order valence-electron chi connectivity index (χ0n) is 16.3. The molecule has 1 unspecified atom stereocenters. The Labute approximate surface area is 180 Å². The Morgan fingerprint density at radius 2 is 1.87 bits per heavy atom. The number of aromatic nitrogens is 4. The van der Waals surface area contributed by atoms with Crippen LogP contribution in [0, 0.1) is 11.6 Å². The zero-order valence-corrected chi connectivity index (χ0v) is 17.1. The van der Waals surface area contributed by atoms with Crippen molar-refractivity contribution < 1.29 is 13.6 Å². The smallest absolute Gasteiger partial charge is 0.253 e. The highest BCUT2D eigenvalue weighted by molar-refractivity contribution is 7.22. The van der Waals surface area contributed by atoms with Gasteiger partial charge in [0, 0.05) is 18.2 Å². The van der Waals surface area contributed by atoms with E-state index in [-0.39, 0.29) is 23.5 Å². The van der Waals surface area contributed by atoms with Crippen LogP contribution in [0.25, 0.3) is 15.9 Å². The third kappa shape index (κ3) is 3.86. The first-order valence-corrected chi connectivity index (χ1v) is 10.7. The summed E-state index contributed by atoms with van der Waals surface area (Å²) in [6.45, 7) is 0. The van der Waals surface area contributed by atoms with Crippen molar-refractivity contribution in [2.24, 2.45) is 0 Å². The number of hydrogen-bond acceptors (Lipinski definition) is 6. The second kappa shape index (κ2) is 8.03. The maximum atomic E-state index is 14.0. The molecule has 158 valence electrons. The highest BCUT2D eigenvalue weighted by Crippen LogP contribution is 2.31. The first kappa shape index (κ1) is 19.6. The minimum absolute atomic E-state index is 0.0626. The molecular formula is C21H18F2N6OS. The molecule has 1 aliphatic rings. The van der Waals surface area contributed by atoms with Crippen LogP contribution in [-0.2, 0) is 0 Å². The number of fused-ring (bicyclic) bond motifs is 1. The van der Waals surface area contributed by atoms with Crippen LogP contribution in [0.2, 0.25) is 0 Å². The van der Waals surface area contributed by atoms with Gasteiger partial charge >= 0.3 is 0 Å². The molecule has 2 N–H and O–H groups in total. The van der Waals surface area contributed by atoms with Crippen LogP contribution in [0.3, 0.4) is 0 Å². The third-order valence-electron chi connectivity index (χ3n) is 5.34. The van der Waals surface area contributed by atoms with Gasteiger partial charge in [0.1, 0.15) is 11.3 Å². The zero-order chi connectivity index (χ0) is 21.4. The van der Waals surface area contributed by atoms with Crippen molar-refractivity contribution in [1.82, 2.24) is 25.3 Å². The minimum Gasteiger partial charge on any atom is -0.357 e. The second-order valence-corrected chi connectivity index (χ2v) is 8.38. The van der Waals surface area contributed by atoms with E-state index in [0.717, 1.165) is 25.3 Å². The monoisotopic (exact) mass is 440 g/mol. The summed E-state index contributed by atoms with van der Waals surface area (Å²) in [5.74, 6) is -1.53. The third-order valence-corrected chi connectivity index (χ3v) is 6.27. The van der Waals surface area contributed by atoms with Crippen molar-refractivity contribution in [2.45, 2.75) is 31.3 Å². The number of hydrogen-bond donors (Lipinski definition) is 2. The van der Waals surface area contributed by atoms with Gasteiger partial charge in [-0.05, 0) is 37.5 Å². The van der Waals surface area contributed by atoms with Gasteiger partial charge in [0.25, 0.3) is 5.91 Å². The second-order valence-electron chi connectivity index (χ2n) is 7.35. The van der Waals surface area contributed by atoms with Crippen molar-refractivity contribution in [3.63, 3.8) is 0 Å². The summed E-state index contributed by atoms with van der Waals surface area (Å²) < 4.78 is 27.9. The summed E-state index contributed by atoms with van der Waals surface area (Å²) in [5.41, 5.74) is 1.21. The predicted octanol–water partition coefficient (Wildman–Crippen LogP) is 3.92. The Kier molecular flexibility index (Phi) is 5.06. The summed E-state index contributed by atoms with van der Waals surface area (Å²) in [6.07, 6.45) is 5.68. The van der Waals surface area contributed by atoms with Gasteiger partial charge in [-0.3, -0.25) is 4.79 Å². The van der Waals surface area contributed by atoms with E-state index in [1.165, 1.54) is 22.2 Å². The lowest BCUT2D eigenvalue weighted by molar-refractivity contribution is 0.0935. The summed E-state index contributed by atoms with van der Waals surface area (Å²) in [6, 6.07) is 9.05. The number of anilines is 1. The standard InChI is InChI=1S/C21H18F2N6OS/c22-12-10-14(23)19-18(11-12)31-21(28-19)27-16-6-3-5-15(16)26-20(30)13-4-1-2-7-17(13)29-24-8-9-25-29/h1-2,4,7-11,15-16H,3,5-6H2,(H,26,30)(H,27,28)/t15?,16-/m0/s1. The number of carbonyl (C=O) groups is 1. The van der Waals surface area contributed by atoms with Gasteiger partial charge in [0.15, 0.2) is 10.9 Å². The molecule has 1 aliphatic carbocycles. The van der Waals surface area contributed by atoms with Gasteiger partial charge in [-0.25, -0.2) is 13.8 Å². The van der Waals surface area contributed by atoms with Crippen LogP contribution >= 0.6 is 11.3 Å². The molecule has 31 heavy (non-hydrogen) atoms. The Morgan fingerprint density at radius 1 is 1.10 bits per heavy atom. The maximum absolute atomic E-state index is 14.0. The largest absolute Gasteiger partial charge is 0.357 e. The molecule has 2 atom stereocenters. The predicted molar refractivity (Wildman–Crippen MR) is 113 cm³/mol. The van der Waals surface area contributed by atoms with E-state index in [2.05, 4.69) is 25.8 Å². The van der Waals surface area contributed by atoms with Gasteiger partial charge in [-0.2, -0.15) is 15.0 Å². The number of nitrogens with one attached hydrogen (secondary N) is 2. The van der Waals surface area contributed by atoms with Crippen molar-refractivity contribution in [1.29, 1.82) is 0 Å². The number of halogens is 2. The van der Waals surface area contributed by atoms with Gasteiger partial charge in [-0.1, -0.05) is 23.5 Å². The van der Waals surface area contributed by atoms with E-state index in [1.54, 1.807) is 30.6 Å². The number of benzene rings is 2. The molecule has 0 radical (unpaired) electrons. The Hall–Kier alpha value is -3.40. The normalized spacial score (nSPS) is 18.4. The first-order valence-electron chi connectivity index (χ1n) is 9.87. The fourth-order valence-electron chi connectivity index (χ4n) is 3.91. The SMILES string of the molecule is O=C(NC1CCC[C@@H]1Nc1nc2c(F)cc(F)cc2s1)c1ccccc1-n1nccn1. The van der Waals surface area contributed by atoms with Crippen LogP contribution in [0.5, 0.6) is 0 Å². The maximum Gasteiger partial charge on any atom is 0.253 e. The van der Waals surface area contributed by atoms with Crippen molar-refractivity contribution >= 4 is 32.6 Å². The Bertz CT molecular complexity index is 1240. The molecule has 2 heterocycles. The summed E-state index contributed by atoms with van der Waals surface area (Å²) in [7, 11) is 0. The van der Waals surface area contributed by atoms with Crippen molar-refractivity contribution in [3.8, 4) is 5.69 Å². The fourth-order valence-corrected chi connectivity index (χ4v) is 4.88. The van der Waals surface area contributed by atoms with Crippen molar-refractivity contribution in [3.05, 3.63) is 66.0 Å². The molecule has 10 heteroatoms. The number of carbonyl (C=O) groups excluding carboxylic acids is 1. The number of amides is 1. The fraction of sp³-hybridized carbons (Fsp3) is 0.238. The van der Waals surface area contributed by atoms with Crippen LogP contribution in [-0.4, -0.2) is 38.0 Å². The van der Waals surface area contributed by atoms with Crippen LogP contribution in [0.1, 0.15) is 29.6 Å². The number of rotatable bonds is 5. The van der Waals surface area contributed by atoms with Gasteiger partial charge < -0.3 is 10.6 Å². The average molecular weight is 440 g/mol. The molecule has 5 rings (SSSR count). The molecule has 1 amide bonds. The van der Waals surface area contributed by atoms with Gasteiger partial charge in [-0.15, -0.1) is 0 Å². The molecule has 2 aromatic carbocycles. The van der Waals surface area contributed by atoms with Crippen LogP contribution < -0.4 is 10.6 Å². The number of thiazole rings is 1. The minimum atomic E-state index is -0.681. The molecule has 2 aromatic heterocycles. The van der Waals surface area contributed by atoms with Crippen molar-refractivity contribution in [2.75, 3.05) is 5.32 Å². The molecule has 0 aliphatic heterocycles. The Balaban J connectivity index is 1.34. The topological polar surface area (TPSA) is 84.7 Å². The van der Waals surface area contributed by atoms with E-state index >= 15 is 0 Å². The summed E-state index contributed by atoms with van der Waals surface area (Å²) >= 11 is 1.20. The molecule has 1 fully saturated rings. The van der Waals surface area contributed by atoms with Gasteiger partial charge in [0.2, 0.25) is 0 Å². The quantitative estimate of drug-likeness (QED) is 0.491. The molecule has 1 saturated carbocycles. The first-order chi connectivity index (χ1) is 15.1. The lowest BCUT2D eigenvalue weighted by Gasteiger charge is -2.22. The molecule has 4 aromatic rings. The molecule has 7 nitrogen and oxygen atoms in total. The highest BCUT2D eigenvalue weighted by Gasteiger charge is 2.30. The highest BCUT2D eigenvalue weighted by atomic mass is 32.1. The number of para-hydroxylation sites is 1. The van der Waals surface area contributed by atoms with E-state index in [0.29, 0.717) is 21.1 Å². The van der Waals surface area contributed by atoms with E-state index in [1.807, 2.05) is 6.07 Å². The van der Waals surface area contributed by atoms with Gasteiger partial charge in [0.05, 0.1) is 28.3 Å². The lowest BCUT2D eigenvalue weighted by Crippen LogP contribution is -2.43. The molecule has 0 spiro atoms. The summed E-state index contributed by atoms with van der Waals surface area (Å²) in [4.78, 5) is 18.7. The van der Waals surface area contributed by atoms with E-state index < -0.39 is 11.6 Å². The molecule has 0 saturated heterocycles. The Morgan fingerprint density at radius 3 is 2.71 bits per heavy atom. The van der Waals surface area contributed by atoms with Crippen LogP contribution in [0.15, 0.2) is 48.8 Å². The van der Waals surface area contributed by atoms with Crippen LogP contribution in [0.4, 0.5) is 13.9 Å².